The van der Waals surface area contributed by atoms with E-state index >= 15 is 0 Å². The Morgan fingerprint density at radius 2 is 1.85 bits per heavy atom. The Morgan fingerprint density at radius 3 is 2.69 bits per heavy atom. The number of nitrogens with one attached hydrogen (secondary N) is 2. The normalized spacial score (nSPS) is 16.2. The average molecular weight is 192 g/mol. The first-order valence-corrected chi connectivity index (χ1v) is 4.85. The van der Waals surface area contributed by atoms with Crippen molar-refractivity contribution in [2.45, 2.75) is 13.0 Å². The quantitative estimate of drug-likeness (QED) is 0.604. The summed E-state index contributed by atoms with van der Waals surface area (Å²) in [5.41, 5.74) is 2.76. The minimum absolute atomic E-state index is 0.759. The van der Waals surface area contributed by atoms with Crippen LogP contribution in [0.4, 0.5) is 0 Å². The molecule has 0 aromatic heterocycles. The molecule has 0 saturated carbocycles. The van der Waals surface area contributed by atoms with Gasteiger partial charge in [0.15, 0.2) is 5.11 Å². The lowest BCUT2D eigenvalue weighted by Crippen LogP contribution is -2.38. The predicted molar refractivity (Wildman–Crippen MR) is 57.6 cm³/mol. The standard InChI is InChI=1S/C10H12N2S/c13-10-11-6-5-8-3-1-2-4-9(8)7-12-10/h1-4H,5-7H2,(H2,11,12,13). The number of hydrogen-bond donors (Lipinski definition) is 2. The molecule has 2 rings (SSSR count). The third kappa shape index (κ3) is 1.98. The minimum atomic E-state index is 0.759. The highest BCUT2D eigenvalue weighted by Crippen LogP contribution is 2.09. The van der Waals surface area contributed by atoms with Gasteiger partial charge in [-0.25, -0.2) is 0 Å². The van der Waals surface area contributed by atoms with Crippen LogP contribution in [0.2, 0.25) is 0 Å². The van der Waals surface area contributed by atoms with Gasteiger partial charge in [0.2, 0.25) is 0 Å². The third-order valence-corrected chi connectivity index (χ3v) is 2.53. The molecule has 0 saturated heterocycles. The van der Waals surface area contributed by atoms with Crippen LogP contribution in [0.3, 0.4) is 0 Å². The van der Waals surface area contributed by atoms with E-state index in [1.165, 1.54) is 11.1 Å². The van der Waals surface area contributed by atoms with Gasteiger partial charge in [-0.1, -0.05) is 24.3 Å². The van der Waals surface area contributed by atoms with Crippen molar-refractivity contribution in [2.75, 3.05) is 6.54 Å². The summed E-state index contributed by atoms with van der Waals surface area (Å²) in [7, 11) is 0. The molecule has 0 atom stereocenters. The van der Waals surface area contributed by atoms with Crippen molar-refractivity contribution in [1.82, 2.24) is 10.6 Å². The van der Waals surface area contributed by atoms with Crippen LogP contribution in [0.15, 0.2) is 24.3 Å². The van der Waals surface area contributed by atoms with Crippen molar-refractivity contribution >= 4 is 17.3 Å². The summed E-state index contributed by atoms with van der Waals surface area (Å²) in [5.74, 6) is 0. The summed E-state index contributed by atoms with van der Waals surface area (Å²) in [6.07, 6.45) is 1.05. The van der Waals surface area contributed by atoms with Gasteiger partial charge < -0.3 is 10.6 Å². The zero-order chi connectivity index (χ0) is 9.10. The first-order valence-electron chi connectivity index (χ1n) is 4.45. The van der Waals surface area contributed by atoms with E-state index in [0.29, 0.717) is 0 Å². The highest BCUT2D eigenvalue weighted by molar-refractivity contribution is 7.80. The summed E-state index contributed by atoms with van der Waals surface area (Å²) in [6.45, 7) is 1.75. The molecular weight excluding hydrogens is 180 g/mol. The van der Waals surface area contributed by atoms with E-state index in [9.17, 15) is 0 Å². The maximum absolute atomic E-state index is 5.06. The predicted octanol–water partition coefficient (Wildman–Crippen LogP) is 1.21. The van der Waals surface area contributed by atoms with Crippen LogP contribution in [-0.4, -0.2) is 11.7 Å². The molecule has 2 N–H and O–H groups in total. The fourth-order valence-corrected chi connectivity index (χ4v) is 1.70. The summed E-state index contributed by atoms with van der Waals surface area (Å²) >= 11 is 5.06. The Morgan fingerprint density at radius 1 is 1.08 bits per heavy atom. The second-order valence-electron chi connectivity index (χ2n) is 3.13. The van der Waals surface area contributed by atoms with Gasteiger partial charge >= 0.3 is 0 Å². The number of benzene rings is 1. The van der Waals surface area contributed by atoms with Gasteiger partial charge in [-0.15, -0.1) is 0 Å². The molecule has 2 nitrogen and oxygen atoms in total. The molecule has 1 aliphatic rings. The minimum Gasteiger partial charge on any atom is -0.362 e. The highest BCUT2D eigenvalue weighted by atomic mass is 32.1. The van der Waals surface area contributed by atoms with E-state index < -0.39 is 0 Å². The fourth-order valence-electron chi connectivity index (χ4n) is 1.52. The molecule has 1 aromatic rings. The Hall–Kier alpha value is -1.09. The maximum atomic E-state index is 5.06. The van der Waals surface area contributed by atoms with Crippen LogP contribution in [0.5, 0.6) is 0 Å². The lowest BCUT2D eigenvalue weighted by molar-refractivity contribution is 0.772. The molecule has 3 heteroatoms. The van der Waals surface area contributed by atoms with Crippen LogP contribution in [0.1, 0.15) is 11.1 Å². The number of thiocarbonyl (C=S) groups is 1. The van der Waals surface area contributed by atoms with Crippen molar-refractivity contribution < 1.29 is 0 Å². The van der Waals surface area contributed by atoms with Crippen LogP contribution in [-0.2, 0) is 13.0 Å². The Kier molecular flexibility index (Phi) is 2.45. The van der Waals surface area contributed by atoms with Crippen molar-refractivity contribution in [3.8, 4) is 0 Å². The smallest absolute Gasteiger partial charge is 0.166 e. The van der Waals surface area contributed by atoms with Gasteiger partial charge in [0.1, 0.15) is 0 Å². The summed E-state index contributed by atoms with van der Waals surface area (Å²) in [6, 6.07) is 8.47. The van der Waals surface area contributed by atoms with Crippen LogP contribution < -0.4 is 10.6 Å². The van der Waals surface area contributed by atoms with E-state index in [1.54, 1.807) is 0 Å². The van der Waals surface area contributed by atoms with Gasteiger partial charge in [-0.05, 0) is 29.8 Å². The molecule has 0 unspecified atom stereocenters. The summed E-state index contributed by atoms with van der Waals surface area (Å²) in [5, 5.41) is 7.07. The monoisotopic (exact) mass is 192 g/mol. The van der Waals surface area contributed by atoms with Crippen molar-refractivity contribution in [3.05, 3.63) is 35.4 Å². The molecule has 0 bridgehead atoms. The number of rotatable bonds is 0. The topological polar surface area (TPSA) is 24.1 Å². The number of hydrogen-bond acceptors (Lipinski definition) is 1. The first kappa shape index (κ1) is 8.51. The van der Waals surface area contributed by atoms with Gasteiger partial charge in [-0.3, -0.25) is 0 Å². The zero-order valence-electron chi connectivity index (χ0n) is 7.34. The molecule has 13 heavy (non-hydrogen) atoms. The van der Waals surface area contributed by atoms with Gasteiger partial charge in [-0.2, -0.15) is 0 Å². The van der Waals surface area contributed by atoms with E-state index in [2.05, 4.69) is 34.9 Å². The van der Waals surface area contributed by atoms with E-state index in [4.69, 9.17) is 12.2 Å². The Bertz CT molecular complexity index is 322. The highest BCUT2D eigenvalue weighted by Gasteiger charge is 2.05. The van der Waals surface area contributed by atoms with Crippen molar-refractivity contribution in [2.24, 2.45) is 0 Å². The molecule has 0 amide bonds. The summed E-state index contributed by atoms with van der Waals surface area (Å²) < 4.78 is 0. The third-order valence-electron chi connectivity index (χ3n) is 2.24. The molecule has 1 heterocycles. The lowest BCUT2D eigenvalue weighted by atomic mass is 10.0. The van der Waals surface area contributed by atoms with Crippen LogP contribution >= 0.6 is 12.2 Å². The number of fused-ring (bicyclic) bond motifs is 1. The van der Waals surface area contributed by atoms with Crippen LogP contribution in [0.25, 0.3) is 0 Å². The molecule has 0 aliphatic carbocycles. The van der Waals surface area contributed by atoms with Crippen molar-refractivity contribution in [3.63, 3.8) is 0 Å². The molecular formula is C10H12N2S. The van der Waals surface area contributed by atoms with Gasteiger partial charge in [0, 0.05) is 13.1 Å². The van der Waals surface area contributed by atoms with Crippen LogP contribution in [0, 0.1) is 0 Å². The second-order valence-corrected chi connectivity index (χ2v) is 3.54. The molecule has 1 aromatic carbocycles. The summed E-state index contributed by atoms with van der Waals surface area (Å²) in [4.78, 5) is 0. The van der Waals surface area contributed by atoms with E-state index in [0.717, 1.165) is 24.6 Å². The van der Waals surface area contributed by atoms with Gasteiger partial charge in [0.25, 0.3) is 0 Å². The Balaban J connectivity index is 2.24. The van der Waals surface area contributed by atoms with Crippen molar-refractivity contribution in [1.29, 1.82) is 0 Å². The Labute approximate surface area is 83.3 Å². The maximum Gasteiger partial charge on any atom is 0.166 e. The molecule has 0 spiro atoms. The molecule has 0 fully saturated rings. The SMILES string of the molecule is S=C1NCCc2ccccc2CN1. The fraction of sp³-hybridized carbons (Fsp3) is 0.300. The average Bonchev–Trinajstić information content (AvgIpc) is 2.13. The van der Waals surface area contributed by atoms with E-state index in [1.807, 2.05) is 0 Å². The largest absolute Gasteiger partial charge is 0.362 e. The molecule has 1 aliphatic heterocycles. The second kappa shape index (κ2) is 3.75. The van der Waals surface area contributed by atoms with E-state index in [-0.39, 0.29) is 0 Å². The lowest BCUT2D eigenvalue weighted by Gasteiger charge is -2.17. The zero-order valence-corrected chi connectivity index (χ0v) is 8.16. The first-order chi connectivity index (χ1) is 6.36. The molecule has 0 radical (unpaired) electrons. The molecule has 68 valence electrons. The van der Waals surface area contributed by atoms with Gasteiger partial charge in [0.05, 0.1) is 0 Å².